The summed E-state index contributed by atoms with van der Waals surface area (Å²) in [5.41, 5.74) is 4.73. The normalized spacial score (nSPS) is 23.1. The van der Waals surface area contributed by atoms with Crippen LogP contribution in [0.4, 0.5) is 23.7 Å². The molecule has 2 rings (SSSR count). The first-order chi connectivity index (χ1) is 12.8. The molecule has 2 amide bonds. The lowest BCUT2D eigenvalue weighted by molar-refractivity contribution is -0.137. The zero-order valence-electron chi connectivity index (χ0n) is 15.2. The number of benzene rings is 1. The molecule has 1 fully saturated rings. The van der Waals surface area contributed by atoms with Crippen LogP contribution in [-0.2, 0) is 6.18 Å². The highest BCUT2D eigenvalue weighted by molar-refractivity contribution is 5.89. The molecule has 7 nitrogen and oxygen atoms in total. The third kappa shape index (κ3) is 7.33. The molecule has 0 radical (unpaired) electrons. The van der Waals surface area contributed by atoms with Gasteiger partial charge in [0.15, 0.2) is 0 Å². The molecule has 1 aliphatic rings. The number of nitrogens with one attached hydrogen (secondary N) is 5. The lowest BCUT2D eigenvalue weighted by Gasteiger charge is -2.36. The molecule has 0 aromatic heterocycles. The molecule has 7 N–H and O–H groups in total. The van der Waals surface area contributed by atoms with Crippen LogP contribution in [-0.4, -0.2) is 37.6 Å². The molecule has 3 atom stereocenters. The van der Waals surface area contributed by atoms with Crippen molar-refractivity contribution in [3.8, 4) is 0 Å². The lowest BCUT2D eigenvalue weighted by Crippen LogP contribution is -2.67. The van der Waals surface area contributed by atoms with Gasteiger partial charge in [-0.05, 0) is 57.5 Å². The van der Waals surface area contributed by atoms with Crippen molar-refractivity contribution >= 4 is 11.7 Å². The molecule has 27 heavy (non-hydrogen) atoms. The number of hydrogen-bond donors (Lipinski definition) is 6. The molecule has 1 aliphatic heterocycles. The minimum absolute atomic E-state index is 0.0119. The van der Waals surface area contributed by atoms with Crippen molar-refractivity contribution in [3.63, 3.8) is 0 Å². The molecule has 0 spiro atoms. The Labute approximate surface area is 156 Å². The average molecular weight is 388 g/mol. The topological polar surface area (TPSA) is 103 Å². The van der Waals surface area contributed by atoms with Crippen molar-refractivity contribution in [1.82, 2.24) is 21.3 Å². The maximum atomic E-state index is 12.8. The zero-order valence-corrected chi connectivity index (χ0v) is 15.2. The Hall–Kier alpha value is -1.88. The molecule has 1 aromatic carbocycles. The summed E-state index contributed by atoms with van der Waals surface area (Å²) < 4.78 is 38.3. The predicted octanol–water partition coefficient (Wildman–Crippen LogP) is 1.74. The summed E-state index contributed by atoms with van der Waals surface area (Å²) in [5.74, 6) is 0. The summed E-state index contributed by atoms with van der Waals surface area (Å²) in [4.78, 5) is 12.1. The van der Waals surface area contributed by atoms with E-state index in [1.165, 1.54) is 12.1 Å². The summed E-state index contributed by atoms with van der Waals surface area (Å²) in [7, 11) is 0. The minimum atomic E-state index is -4.46. The van der Waals surface area contributed by atoms with Gasteiger partial charge in [-0.25, -0.2) is 4.79 Å². The second-order valence-corrected chi connectivity index (χ2v) is 6.58. The summed E-state index contributed by atoms with van der Waals surface area (Å²) in [6.45, 7) is 3.46. The van der Waals surface area contributed by atoms with Crippen molar-refractivity contribution in [2.75, 3.05) is 18.4 Å². The van der Waals surface area contributed by atoms with Gasteiger partial charge in [0.25, 0.3) is 0 Å². The van der Waals surface area contributed by atoms with Crippen LogP contribution in [0.1, 0.15) is 31.7 Å². The molecule has 0 bridgehead atoms. The maximum Gasteiger partial charge on any atom is 0.416 e. The molecular weight excluding hydrogens is 361 g/mol. The zero-order chi connectivity index (χ0) is 19.9. The number of urea groups is 1. The number of alkyl halides is 3. The van der Waals surface area contributed by atoms with E-state index in [1.54, 1.807) is 0 Å². The first-order valence-corrected chi connectivity index (χ1v) is 8.98. The third-order valence-electron chi connectivity index (χ3n) is 4.15. The third-order valence-corrected chi connectivity index (χ3v) is 4.15. The van der Waals surface area contributed by atoms with E-state index in [0.29, 0.717) is 6.54 Å². The van der Waals surface area contributed by atoms with E-state index >= 15 is 0 Å². The van der Waals surface area contributed by atoms with Crippen molar-refractivity contribution < 1.29 is 18.0 Å². The smallest absolute Gasteiger partial charge is 0.330 e. The fraction of sp³-hybridized carbons (Fsp3) is 0.588. The molecule has 0 aliphatic carbocycles. The predicted molar refractivity (Wildman–Crippen MR) is 97.8 cm³/mol. The van der Waals surface area contributed by atoms with E-state index in [9.17, 15) is 18.0 Å². The molecular formula is C17H27F3N6O. The van der Waals surface area contributed by atoms with Crippen LogP contribution in [0.2, 0.25) is 0 Å². The van der Waals surface area contributed by atoms with Crippen LogP contribution in [0.25, 0.3) is 0 Å². The van der Waals surface area contributed by atoms with Gasteiger partial charge in [0.2, 0.25) is 0 Å². The Morgan fingerprint density at radius 2 is 2.07 bits per heavy atom. The molecule has 0 saturated carbocycles. The summed E-state index contributed by atoms with van der Waals surface area (Å²) in [6.07, 6.45) is -2.22. The maximum absolute atomic E-state index is 12.8. The molecule has 1 aromatic rings. The number of rotatable bonds is 7. The largest absolute Gasteiger partial charge is 0.416 e. The van der Waals surface area contributed by atoms with E-state index < -0.39 is 24.1 Å². The van der Waals surface area contributed by atoms with E-state index in [1.807, 2.05) is 6.92 Å². The number of amides is 2. The number of unbranched alkanes of at least 4 members (excludes halogenated alkanes) is 1. The van der Waals surface area contributed by atoms with Crippen molar-refractivity contribution in [2.24, 2.45) is 5.73 Å². The number of carbonyl (C=O) groups excluding carboxylic acids is 1. The van der Waals surface area contributed by atoms with Crippen LogP contribution in [0.5, 0.6) is 0 Å². The number of anilines is 1. The van der Waals surface area contributed by atoms with Gasteiger partial charge in [0.1, 0.15) is 6.29 Å². The van der Waals surface area contributed by atoms with Gasteiger partial charge >= 0.3 is 12.2 Å². The van der Waals surface area contributed by atoms with E-state index in [0.717, 1.165) is 37.9 Å². The van der Waals surface area contributed by atoms with Gasteiger partial charge in [-0.1, -0.05) is 6.07 Å². The molecule has 3 unspecified atom stereocenters. The summed E-state index contributed by atoms with van der Waals surface area (Å²) >= 11 is 0. The van der Waals surface area contributed by atoms with E-state index in [-0.39, 0.29) is 17.9 Å². The van der Waals surface area contributed by atoms with Crippen molar-refractivity contribution in [3.05, 3.63) is 29.8 Å². The second-order valence-electron chi connectivity index (χ2n) is 6.58. The van der Waals surface area contributed by atoms with Gasteiger partial charge in [0.05, 0.1) is 11.7 Å². The quantitative estimate of drug-likeness (QED) is 0.400. The van der Waals surface area contributed by atoms with E-state index in [2.05, 4.69) is 26.6 Å². The van der Waals surface area contributed by atoms with Gasteiger partial charge in [-0.15, -0.1) is 0 Å². The van der Waals surface area contributed by atoms with Crippen LogP contribution in [0.15, 0.2) is 24.3 Å². The standard InChI is InChI=1S/C17H27F3N6O/c1-11-9-14(22-8-3-2-7-21)25-15(23-11)26-16(27)24-13-6-4-5-12(10-13)17(18,19)20/h4-6,10-11,14-15,22-23,25H,2-3,7-9,21H2,1H3,(H2,24,26,27). The van der Waals surface area contributed by atoms with E-state index in [4.69, 9.17) is 5.73 Å². The average Bonchev–Trinajstić information content (AvgIpc) is 2.57. The van der Waals surface area contributed by atoms with Crippen LogP contribution in [0, 0.1) is 0 Å². The summed E-state index contributed by atoms with van der Waals surface area (Å²) in [5, 5.41) is 14.8. The van der Waals surface area contributed by atoms with Crippen LogP contribution in [0.3, 0.4) is 0 Å². The Morgan fingerprint density at radius 3 is 2.78 bits per heavy atom. The number of hydrogen-bond acceptors (Lipinski definition) is 5. The second kappa shape index (κ2) is 9.88. The Morgan fingerprint density at radius 1 is 1.30 bits per heavy atom. The minimum Gasteiger partial charge on any atom is -0.330 e. The first-order valence-electron chi connectivity index (χ1n) is 8.98. The van der Waals surface area contributed by atoms with Crippen LogP contribution >= 0.6 is 0 Å². The monoisotopic (exact) mass is 388 g/mol. The SMILES string of the molecule is CC1CC(NCCCCN)NC(NC(=O)Nc2cccc(C(F)(F)F)c2)N1. The van der Waals surface area contributed by atoms with Gasteiger partial charge in [-0.3, -0.25) is 10.6 Å². The lowest BCUT2D eigenvalue weighted by atomic mass is 10.1. The highest BCUT2D eigenvalue weighted by Crippen LogP contribution is 2.30. The summed E-state index contributed by atoms with van der Waals surface area (Å²) in [6, 6.07) is 4.05. The highest BCUT2D eigenvalue weighted by atomic mass is 19.4. The van der Waals surface area contributed by atoms with Crippen molar-refractivity contribution in [1.29, 1.82) is 0 Å². The molecule has 1 saturated heterocycles. The molecule has 152 valence electrons. The van der Waals surface area contributed by atoms with Crippen LogP contribution < -0.4 is 32.3 Å². The van der Waals surface area contributed by atoms with Gasteiger partial charge < -0.3 is 21.7 Å². The molecule has 1 heterocycles. The molecule has 10 heteroatoms. The Bertz CT molecular complexity index is 613. The Balaban J connectivity index is 1.85. The van der Waals surface area contributed by atoms with Gasteiger partial charge in [0, 0.05) is 11.7 Å². The number of carbonyl (C=O) groups is 1. The fourth-order valence-corrected chi connectivity index (χ4v) is 2.87. The number of nitrogens with two attached hydrogens (primary N) is 1. The fourth-order valence-electron chi connectivity index (χ4n) is 2.87. The number of halogens is 3. The first kappa shape index (κ1) is 21.4. The van der Waals surface area contributed by atoms with Gasteiger partial charge in [-0.2, -0.15) is 13.2 Å². The highest BCUT2D eigenvalue weighted by Gasteiger charge is 2.30. The Kier molecular flexibility index (Phi) is 7.84. The van der Waals surface area contributed by atoms with Crippen molar-refractivity contribution in [2.45, 2.75) is 50.9 Å².